The zero-order valence-electron chi connectivity index (χ0n) is 8.03. The van der Waals surface area contributed by atoms with Crippen LogP contribution < -0.4 is 5.32 Å². The van der Waals surface area contributed by atoms with Gasteiger partial charge in [0, 0.05) is 0 Å². The molecule has 0 amide bonds. The predicted octanol–water partition coefficient (Wildman–Crippen LogP) is 1.17. The molecule has 0 unspecified atom stereocenters. The number of hydrogen-bond acceptors (Lipinski definition) is 5. The smallest absolute Gasteiger partial charge is 0.169 e. The van der Waals surface area contributed by atoms with Crippen LogP contribution in [0.4, 0.5) is 5.82 Å². The molecule has 0 saturated heterocycles. The second-order valence-electron chi connectivity index (χ2n) is 2.92. The Morgan fingerprint density at radius 2 is 2.27 bits per heavy atom. The molecule has 2 N–H and O–H groups in total. The molecule has 78 valence electrons. The highest BCUT2D eigenvalue weighted by Gasteiger charge is 2.00. The van der Waals surface area contributed by atoms with Crippen molar-refractivity contribution in [3.05, 3.63) is 29.2 Å². The number of rotatable bonds is 3. The number of anilines is 1. The number of nitrogens with zero attached hydrogens (tertiary/aromatic N) is 4. The minimum atomic E-state index is 0.353. The average molecular weight is 225 g/mol. The Balaban J connectivity index is 1.99. The predicted molar refractivity (Wildman–Crippen MR) is 55.5 cm³/mol. The van der Waals surface area contributed by atoms with Crippen LogP contribution in [-0.2, 0) is 6.54 Å². The topological polar surface area (TPSA) is 79.4 Å². The van der Waals surface area contributed by atoms with Crippen molar-refractivity contribution in [2.24, 2.45) is 0 Å². The molecule has 0 saturated carbocycles. The van der Waals surface area contributed by atoms with Gasteiger partial charge in [0.2, 0.25) is 0 Å². The Morgan fingerprint density at radius 1 is 1.40 bits per heavy atom. The van der Waals surface area contributed by atoms with Crippen LogP contribution in [0, 0.1) is 6.92 Å². The van der Waals surface area contributed by atoms with Gasteiger partial charge in [-0.15, -0.1) is 0 Å². The standard InChI is InChI=1S/C8H9ClN6/c1-5-12-8(15-14-5)4-11-7-3-10-2-6(9)13-7/h2-3H,4H2,1H3,(H,11,13)(H,12,14,15). The lowest BCUT2D eigenvalue weighted by atomic mass is 10.5. The molecular formula is C8H9ClN6. The van der Waals surface area contributed by atoms with Gasteiger partial charge in [0.25, 0.3) is 0 Å². The average Bonchev–Trinajstić information content (AvgIpc) is 2.62. The first-order valence-electron chi connectivity index (χ1n) is 4.33. The Morgan fingerprint density at radius 3 is 2.93 bits per heavy atom. The van der Waals surface area contributed by atoms with Crippen molar-refractivity contribution in [3.63, 3.8) is 0 Å². The number of aryl methyl sites for hydroxylation is 1. The van der Waals surface area contributed by atoms with Gasteiger partial charge in [-0.3, -0.25) is 10.1 Å². The van der Waals surface area contributed by atoms with Gasteiger partial charge >= 0.3 is 0 Å². The molecule has 0 atom stereocenters. The molecule has 0 aliphatic heterocycles. The molecule has 0 radical (unpaired) electrons. The van der Waals surface area contributed by atoms with Crippen molar-refractivity contribution >= 4 is 17.4 Å². The Kier molecular flexibility index (Phi) is 2.77. The first-order valence-corrected chi connectivity index (χ1v) is 4.71. The van der Waals surface area contributed by atoms with E-state index in [4.69, 9.17) is 11.6 Å². The van der Waals surface area contributed by atoms with Crippen LogP contribution in [0.5, 0.6) is 0 Å². The molecule has 6 nitrogen and oxygen atoms in total. The third kappa shape index (κ3) is 2.63. The zero-order chi connectivity index (χ0) is 10.7. The highest BCUT2D eigenvalue weighted by atomic mass is 35.5. The van der Waals surface area contributed by atoms with Gasteiger partial charge < -0.3 is 5.32 Å². The Labute approximate surface area is 91.1 Å². The van der Waals surface area contributed by atoms with Gasteiger partial charge in [-0.25, -0.2) is 9.97 Å². The van der Waals surface area contributed by atoms with Crippen LogP contribution in [0.15, 0.2) is 12.4 Å². The lowest BCUT2D eigenvalue weighted by molar-refractivity contribution is 0.944. The Hall–Kier alpha value is -1.69. The minimum absolute atomic E-state index is 0.353. The molecule has 2 aromatic rings. The van der Waals surface area contributed by atoms with Gasteiger partial charge in [-0.05, 0) is 6.92 Å². The summed E-state index contributed by atoms with van der Waals surface area (Å²) in [5.74, 6) is 2.06. The molecule has 2 aromatic heterocycles. The maximum atomic E-state index is 5.68. The summed E-state index contributed by atoms with van der Waals surface area (Å²) >= 11 is 5.68. The second kappa shape index (κ2) is 4.22. The molecule has 0 aromatic carbocycles. The fraction of sp³-hybridized carbons (Fsp3) is 0.250. The molecule has 0 aliphatic carbocycles. The summed E-state index contributed by atoms with van der Waals surface area (Å²) in [6.45, 7) is 2.33. The summed E-state index contributed by atoms with van der Waals surface area (Å²) in [5.41, 5.74) is 0. The van der Waals surface area contributed by atoms with E-state index >= 15 is 0 Å². The molecule has 0 aliphatic rings. The monoisotopic (exact) mass is 224 g/mol. The summed E-state index contributed by atoms with van der Waals surface area (Å²) in [7, 11) is 0. The van der Waals surface area contributed by atoms with Crippen molar-refractivity contribution in [1.82, 2.24) is 25.1 Å². The molecule has 7 heteroatoms. The number of H-pyrrole nitrogens is 1. The van der Waals surface area contributed by atoms with Crippen LogP contribution >= 0.6 is 11.6 Å². The first kappa shape index (κ1) is 9.85. The lowest BCUT2D eigenvalue weighted by Crippen LogP contribution is -2.03. The van der Waals surface area contributed by atoms with E-state index in [1.165, 1.54) is 6.20 Å². The fourth-order valence-electron chi connectivity index (χ4n) is 1.07. The van der Waals surface area contributed by atoms with E-state index in [0.717, 1.165) is 5.82 Å². The van der Waals surface area contributed by atoms with Crippen LogP contribution in [0.1, 0.15) is 11.6 Å². The number of nitrogens with one attached hydrogen (secondary N) is 2. The maximum absolute atomic E-state index is 5.68. The second-order valence-corrected chi connectivity index (χ2v) is 3.30. The lowest BCUT2D eigenvalue weighted by Gasteiger charge is -2.01. The summed E-state index contributed by atoms with van der Waals surface area (Å²) in [6.07, 6.45) is 3.06. The molecule has 2 rings (SSSR count). The van der Waals surface area contributed by atoms with E-state index in [2.05, 4.69) is 30.5 Å². The van der Waals surface area contributed by atoms with E-state index in [0.29, 0.717) is 23.3 Å². The number of aromatic nitrogens is 5. The van der Waals surface area contributed by atoms with Crippen molar-refractivity contribution < 1.29 is 0 Å². The number of halogens is 1. The van der Waals surface area contributed by atoms with E-state index in [1.54, 1.807) is 6.20 Å². The first-order chi connectivity index (χ1) is 7.24. The third-order valence-electron chi connectivity index (χ3n) is 1.68. The summed E-state index contributed by atoms with van der Waals surface area (Å²) in [6, 6.07) is 0. The van der Waals surface area contributed by atoms with Crippen LogP contribution in [0.25, 0.3) is 0 Å². The largest absolute Gasteiger partial charge is 0.361 e. The molecule has 0 spiro atoms. The highest BCUT2D eigenvalue weighted by Crippen LogP contribution is 2.07. The van der Waals surface area contributed by atoms with Crippen LogP contribution in [-0.4, -0.2) is 25.1 Å². The number of aromatic amines is 1. The molecule has 0 fully saturated rings. The fourth-order valence-corrected chi connectivity index (χ4v) is 1.21. The Bertz CT molecular complexity index is 454. The molecule has 0 bridgehead atoms. The zero-order valence-corrected chi connectivity index (χ0v) is 8.78. The van der Waals surface area contributed by atoms with Crippen molar-refractivity contribution in [1.29, 1.82) is 0 Å². The van der Waals surface area contributed by atoms with E-state index in [1.807, 2.05) is 6.92 Å². The van der Waals surface area contributed by atoms with E-state index in [9.17, 15) is 0 Å². The van der Waals surface area contributed by atoms with Gasteiger partial charge in [-0.1, -0.05) is 11.6 Å². The molecule has 2 heterocycles. The van der Waals surface area contributed by atoms with Crippen molar-refractivity contribution in [3.8, 4) is 0 Å². The van der Waals surface area contributed by atoms with Gasteiger partial charge in [-0.2, -0.15) is 5.10 Å². The normalized spacial score (nSPS) is 10.3. The van der Waals surface area contributed by atoms with Crippen LogP contribution in [0.2, 0.25) is 5.15 Å². The van der Waals surface area contributed by atoms with Gasteiger partial charge in [0.05, 0.1) is 18.9 Å². The molecular weight excluding hydrogens is 216 g/mol. The van der Waals surface area contributed by atoms with E-state index < -0.39 is 0 Å². The third-order valence-corrected chi connectivity index (χ3v) is 1.86. The minimum Gasteiger partial charge on any atom is -0.361 e. The van der Waals surface area contributed by atoms with Gasteiger partial charge in [0.15, 0.2) is 5.82 Å². The summed E-state index contributed by atoms with van der Waals surface area (Å²) < 4.78 is 0. The SMILES string of the molecule is Cc1nc(CNc2cncc(Cl)n2)n[nH]1. The maximum Gasteiger partial charge on any atom is 0.169 e. The summed E-state index contributed by atoms with van der Waals surface area (Å²) in [4.78, 5) is 12.1. The number of hydrogen-bond donors (Lipinski definition) is 2. The van der Waals surface area contributed by atoms with Crippen LogP contribution in [0.3, 0.4) is 0 Å². The summed E-state index contributed by atoms with van der Waals surface area (Å²) in [5, 5.41) is 10.1. The van der Waals surface area contributed by atoms with Crippen molar-refractivity contribution in [2.75, 3.05) is 5.32 Å². The van der Waals surface area contributed by atoms with Crippen molar-refractivity contribution in [2.45, 2.75) is 13.5 Å². The van der Waals surface area contributed by atoms with Gasteiger partial charge in [0.1, 0.15) is 16.8 Å². The van der Waals surface area contributed by atoms with E-state index in [-0.39, 0.29) is 0 Å². The quantitative estimate of drug-likeness (QED) is 0.818. The molecule has 15 heavy (non-hydrogen) atoms. The highest BCUT2D eigenvalue weighted by molar-refractivity contribution is 6.29.